The van der Waals surface area contributed by atoms with E-state index in [1.807, 2.05) is 4.90 Å². The van der Waals surface area contributed by atoms with Crippen molar-refractivity contribution in [2.75, 3.05) is 18.0 Å². The van der Waals surface area contributed by atoms with Crippen molar-refractivity contribution in [3.63, 3.8) is 0 Å². The Hall–Kier alpha value is -1.23. The van der Waals surface area contributed by atoms with Gasteiger partial charge in [-0.25, -0.2) is 0 Å². The van der Waals surface area contributed by atoms with Crippen LogP contribution < -0.4 is 10.6 Å². The molecule has 1 saturated carbocycles. The van der Waals surface area contributed by atoms with Gasteiger partial charge in [-0.2, -0.15) is 13.2 Å². The molecule has 1 heterocycles. The van der Waals surface area contributed by atoms with Crippen LogP contribution in [0.5, 0.6) is 0 Å². The van der Waals surface area contributed by atoms with E-state index in [2.05, 4.69) is 0 Å². The van der Waals surface area contributed by atoms with Gasteiger partial charge < -0.3 is 10.6 Å². The van der Waals surface area contributed by atoms with Gasteiger partial charge in [0, 0.05) is 24.8 Å². The van der Waals surface area contributed by atoms with Crippen LogP contribution in [0.4, 0.5) is 18.9 Å². The van der Waals surface area contributed by atoms with Crippen molar-refractivity contribution < 1.29 is 13.2 Å². The maximum atomic E-state index is 13.1. The molecule has 2 aliphatic rings. The number of nitrogens with zero attached hydrogens (tertiary/aromatic N) is 1. The second-order valence-corrected chi connectivity index (χ2v) is 6.01. The van der Waals surface area contributed by atoms with E-state index in [0.717, 1.165) is 25.8 Å². The molecule has 20 heavy (non-hydrogen) atoms. The van der Waals surface area contributed by atoms with E-state index in [1.165, 1.54) is 12.1 Å². The lowest BCUT2D eigenvalue weighted by Gasteiger charge is -2.27. The summed E-state index contributed by atoms with van der Waals surface area (Å²) < 4.78 is 39.3. The van der Waals surface area contributed by atoms with Crippen molar-refractivity contribution in [1.82, 2.24) is 0 Å². The molecule has 1 aromatic carbocycles. The highest BCUT2D eigenvalue weighted by Gasteiger charge is 2.40. The van der Waals surface area contributed by atoms with E-state index >= 15 is 0 Å². The second kappa shape index (κ2) is 4.95. The fraction of sp³-hybridized carbons (Fsp3) is 0.600. The van der Waals surface area contributed by atoms with Gasteiger partial charge >= 0.3 is 6.18 Å². The van der Waals surface area contributed by atoms with Gasteiger partial charge in [0.05, 0.1) is 5.56 Å². The third kappa shape index (κ3) is 2.51. The lowest BCUT2D eigenvalue weighted by atomic mass is 9.79. The first-order valence-corrected chi connectivity index (χ1v) is 7.12. The predicted molar refractivity (Wildman–Crippen MR) is 72.5 cm³/mol. The minimum Gasteiger partial charge on any atom is -0.370 e. The van der Waals surface area contributed by atoms with Crippen molar-refractivity contribution >= 4 is 5.69 Å². The summed E-state index contributed by atoms with van der Waals surface area (Å²) in [5, 5.41) is 0. The van der Waals surface area contributed by atoms with Crippen LogP contribution >= 0.6 is 0 Å². The Kier molecular flexibility index (Phi) is 3.40. The SMILES string of the molecule is NC1CC[C@@H]2CN(c3ccccc3C(F)(F)F)C[C@@H]2C1. The van der Waals surface area contributed by atoms with Crippen LogP contribution in [0.3, 0.4) is 0 Å². The molecule has 1 saturated heterocycles. The Morgan fingerprint density at radius 3 is 2.50 bits per heavy atom. The van der Waals surface area contributed by atoms with Gasteiger partial charge in [-0.1, -0.05) is 12.1 Å². The van der Waals surface area contributed by atoms with E-state index in [9.17, 15) is 13.2 Å². The third-order valence-electron chi connectivity index (χ3n) is 4.64. The third-order valence-corrected chi connectivity index (χ3v) is 4.64. The van der Waals surface area contributed by atoms with Crippen LogP contribution in [0.15, 0.2) is 24.3 Å². The maximum absolute atomic E-state index is 13.1. The Morgan fingerprint density at radius 2 is 1.75 bits per heavy atom. The molecule has 110 valence electrons. The molecule has 0 radical (unpaired) electrons. The van der Waals surface area contributed by atoms with Gasteiger partial charge in [0.1, 0.15) is 0 Å². The molecule has 1 aliphatic heterocycles. The van der Waals surface area contributed by atoms with E-state index in [1.54, 1.807) is 12.1 Å². The fourth-order valence-electron chi connectivity index (χ4n) is 3.65. The Bertz CT molecular complexity index is 486. The summed E-state index contributed by atoms with van der Waals surface area (Å²) in [6, 6.07) is 6.10. The van der Waals surface area contributed by atoms with Gasteiger partial charge in [-0.05, 0) is 43.2 Å². The molecule has 1 aliphatic carbocycles. The number of alkyl halides is 3. The van der Waals surface area contributed by atoms with Gasteiger partial charge in [0.25, 0.3) is 0 Å². The summed E-state index contributed by atoms with van der Waals surface area (Å²) in [7, 11) is 0. The Labute approximate surface area is 116 Å². The Morgan fingerprint density at radius 1 is 1.05 bits per heavy atom. The summed E-state index contributed by atoms with van der Waals surface area (Å²) in [5.74, 6) is 0.941. The molecule has 5 heteroatoms. The minimum atomic E-state index is -4.29. The van der Waals surface area contributed by atoms with Gasteiger partial charge in [0.15, 0.2) is 0 Å². The number of benzene rings is 1. The monoisotopic (exact) mass is 284 g/mol. The number of rotatable bonds is 1. The van der Waals surface area contributed by atoms with Crippen LogP contribution in [-0.4, -0.2) is 19.1 Å². The number of nitrogens with two attached hydrogens (primary N) is 1. The average Bonchev–Trinajstić information content (AvgIpc) is 2.80. The molecule has 3 atom stereocenters. The van der Waals surface area contributed by atoms with Crippen molar-refractivity contribution in [1.29, 1.82) is 0 Å². The molecule has 0 bridgehead atoms. The predicted octanol–water partition coefficient (Wildman–Crippen LogP) is 3.27. The molecule has 0 spiro atoms. The lowest BCUT2D eigenvalue weighted by molar-refractivity contribution is -0.137. The summed E-state index contributed by atoms with van der Waals surface area (Å²) in [4.78, 5) is 1.90. The molecule has 2 N–H and O–H groups in total. The number of para-hydroxylation sites is 1. The fourth-order valence-corrected chi connectivity index (χ4v) is 3.65. The maximum Gasteiger partial charge on any atom is 0.418 e. The normalized spacial score (nSPS) is 30.4. The van der Waals surface area contributed by atoms with E-state index < -0.39 is 11.7 Å². The molecule has 0 aromatic heterocycles. The van der Waals surface area contributed by atoms with E-state index in [0.29, 0.717) is 24.1 Å². The van der Waals surface area contributed by atoms with Crippen LogP contribution in [0, 0.1) is 11.8 Å². The highest BCUT2D eigenvalue weighted by Crippen LogP contribution is 2.42. The van der Waals surface area contributed by atoms with Gasteiger partial charge in [-0.15, -0.1) is 0 Å². The quantitative estimate of drug-likeness (QED) is 0.857. The van der Waals surface area contributed by atoms with Gasteiger partial charge in [-0.3, -0.25) is 0 Å². The highest BCUT2D eigenvalue weighted by atomic mass is 19.4. The zero-order valence-electron chi connectivity index (χ0n) is 11.2. The smallest absolute Gasteiger partial charge is 0.370 e. The highest BCUT2D eigenvalue weighted by molar-refractivity contribution is 5.56. The first kappa shape index (κ1) is 13.7. The molecule has 1 aromatic rings. The van der Waals surface area contributed by atoms with Crippen LogP contribution in [-0.2, 0) is 6.18 Å². The average molecular weight is 284 g/mol. The van der Waals surface area contributed by atoms with Crippen molar-refractivity contribution in [3.8, 4) is 0 Å². The minimum absolute atomic E-state index is 0.217. The van der Waals surface area contributed by atoms with Crippen molar-refractivity contribution in [2.45, 2.75) is 31.5 Å². The molecular formula is C15H19F3N2. The molecule has 2 fully saturated rings. The van der Waals surface area contributed by atoms with Crippen molar-refractivity contribution in [3.05, 3.63) is 29.8 Å². The Balaban J connectivity index is 1.85. The van der Waals surface area contributed by atoms with Crippen molar-refractivity contribution in [2.24, 2.45) is 17.6 Å². The molecule has 0 amide bonds. The summed E-state index contributed by atoms with van der Waals surface area (Å²) in [6.07, 6.45) is -1.32. The largest absolute Gasteiger partial charge is 0.418 e. The number of halogens is 3. The van der Waals surface area contributed by atoms with Gasteiger partial charge in [0.2, 0.25) is 0 Å². The number of hydrogen-bond acceptors (Lipinski definition) is 2. The van der Waals surface area contributed by atoms with Crippen LogP contribution in [0.1, 0.15) is 24.8 Å². The topological polar surface area (TPSA) is 29.3 Å². The first-order valence-electron chi connectivity index (χ1n) is 7.12. The first-order chi connectivity index (χ1) is 9.45. The standard InChI is InChI=1S/C15H19F3N2/c16-15(17,18)13-3-1-2-4-14(13)20-8-10-5-6-12(19)7-11(10)9-20/h1-4,10-12H,5-9,19H2/t10-,11+,12?/m1/s1. The summed E-state index contributed by atoms with van der Waals surface area (Å²) >= 11 is 0. The number of hydrogen-bond donors (Lipinski definition) is 1. The van der Waals surface area contributed by atoms with E-state index in [-0.39, 0.29) is 6.04 Å². The number of anilines is 1. The van der Waals surface area contributed by atoms with E-state index in [4.69, 9.17) is 5.73 Å². The summed E-state index contributed by atoms with van der Waals surface area (Å²) in [5.41, 5.74) is 5.77. The lowest BCUT2D eigenvalue weighted by Crippen LogP contribution is -2.32. The molecule has 1 unspecified atom stereocenters. The number of fused-ring (bicyclic) bond motifs is 1. The second-order valence-electron chi connectivity index (χ2n) is 6.01. The van der Waals surface area contributed by atoms with Crippen LogP contribution in [0.2, 0.25) is 0 Å². The van der Waals surface area contributed by atoms with Crippen LogP contribution in [0.25, 0.3) is 0 Å². The molecule has 2 nitrogen and oxygen atoms in total. The molecule has 3 rings (SSSR count). The zero-order chi connectivity index (χ0) is 14.3. The molecular weight excluding hydrogens is 265 g/mol. The zero-order valence-corrected chi connectivity index (χ0v) is 11.2. The summed E-state index contributed by atoms with van der Waals surface area (Å²) in [6.45, 7) is 1.43.